The summed E-state index contributed by atoms with van der Waals surface area (Å²) < 4.78 is 5.42. The molecule has 0 saturated heterocycles. The molecule has 0 unspecified atom stereocenters. The Morgan fingerprint density at radius 2 is 2.11 bits per heavy atom. The minimum atomic E-state index is 0. The summed E-state index contributed by atoms with van der Waals surface area (Å²) in [5.41, 5.74) is 1.53. The summed E-state index contributed by atoms with van der Waals surface area (Å²) in [6, 6.07) is 1.67. The summed E-state index contributed by atoms with van der Waals surface area (Å²) in [7, 11) is 0. The number of pyridine rings is 1. The smallest absolute Gasteiger partial charge is 0.185 e. The van der Waals surface area contributed by atoms with Gasteiger partial charge in [0.2, 0.25) is 0 Å². The van der Waals surface area contributed by atoms with E-state index in [1.54, 1.807) is 18.5 Å². The van der Waals surface area contributed by atoms with E-state index in [-0.39, 0.29) is 12.8 Å². The molecule has 0 bridgehead atoms. The van der Waals surface area contributed by atoms with Crippen LogP contribution < -0.4 is 0 Å². The van der Waals surface area contributed by atoms with E-state index in [0.717, 1.165) is 17.4 Å². The molecule has 0 radical (unpaired) electrons. The third kappa shape index (κ3) is 3.69. The van der Waals surface area contributed by atoms with E-state index >= 15 is 0 Å². The van der Waals surface area contributed by atoms with E-state index in [0.29, 0.717) is 17.6 Å². The van der Waals surface area contributed by atoms with E-state index in [1.807, 2.05) is 0 Å². The molecule has 0 aromatic carbocycles. The lowest BCUT2D eigenvalue weighted by molar-refractivity contribution is 0.110. The first-order valence-electron chi connectivity index (χ1n) is 5.81. The first-order chi connectivity index (χ1) is 8.49. The molecule has 0 fully saturated rings. The zero-order valence-corrected chi connectivity index (χ0v) is 10.8. The number of nitrogens with zero attached hydrogens (tertiary/aromatic N) is 1. The van der Waals surface area contributed by atoms with Crippen LogP contribution in [0.1, 0.15) is 50.7 Å². The van der Waals surface area contributed by atoms with E-state index in [1.165, 1.54) is 0 Å². The van der Waals surface area contributed by atoms with Gasteiger partial charge in [-0.2, -0.15) is 0 Å². The Bertz CT molecular complexity index is 636. The number of hydrogen-bond acceptors (Lipinski definition) is 3. The third-order valence-corrected chi connectivity index (χ3v) is 2.40. The number of fused-ring (bicyclic) bond motifs is 1. The van der Waals surface area contributed by atoms with Crippen LogP contribution in [0.25, 0.3) is 11.0 Å². The standard InChI is InChI=1S/C15H15NO2.CH4/c1-15(2,3)6-4-5-11-8-16-9-12-7-13(10-17)18-14(11)12;/h7-10H,6H2,1-3H3;1H4. The summed E-state index contributed by atoms with van der Waals surface area (Å²) >= 11 is 0. The Balaban J connectivity index is 0.00000180. The molecular weight excluding hydrogens is 238 g/mol. The molecule has 100 valence electrons. The van der Waals surface area contributed by atoms with E-state index in [9.17, 15) is 4.79 Å². The molecule has 0 saturated carbocycles. The van der Waals surface area contributed by atoms with Crippen LogP contribution in [0.15, 0.2) is 22.9 Å². The molecule has 2 heterocycles. The predicted molar refractivity (Wildman–Crippen MR) is 77.1 cm³/mol. The van der Waals surface area contributed by atoms with Crippen molar-refractivity contribution in [2.24, 2.45) is 5.41 Å². The van der Waals surface area contributed by atoms with Crippen molar-refractivity contribution in [2.75, 3.05) is 0 Å². The van der Waals surface area contributed by atoms with Crippen molar-refractivity contribution in [3.8, 4) is 11.8 Å². The minimum absolute atomic E-state index is 0. The zero-order chi connectivity index (χ0) is 13.2. The molecule has 3 nitrogen and oxygen atoms in total. The minimum Gasteiger partial charge on any atom is -0.452 e. The maximum absolute atomic E-state index is 10.7. The normalized spacial score (nSPS) is 10.5. The second-order valence-corrected chi connectivity index (χ2v) is 5.41. The zero-order valence-electron chi connectivity index (χ0n) is 10.8. The molecular formula is C16H19NO2. The Morgan fingerprint density at radius 1 is 1.37 bits per heavy atom. The van der Waals surface area contributed by atoms with Gasteiger partial charge in [-0.1, -0.05) is 40.0 Å². The molecule has 0 atom stereocenters. The number of carbonyl (C=O) groups excluding carboxylic acids is 1. The molecule has 0 amide bonds. The van der Waals surface area contributed by atoms with Crippen LogP contribution in [0.2, 0.25) is 0 Å². The maximum Gasteiger partial charge on any atom is 0.185 e. The molecule has 0 N–H and O–H groups in total. The van der Waals surface area contributed by atoms with Crippen LogP contribution in [0.5, 0.6) is 0 Å². The fourth-order valence-electron chi connectivity index (χ4n) is 1.53. The van der Waals surface area contributed by atoms with Gasteiger partial charge in [-0.25, -0.2) is 0 Å². The van der Waals surface area contributed by atoms with Gasteiger partial charge in [0.1, 0.15) is 0 Å². The highest BCUT2D eigenvalue weighted by Crippen LogP contribution is 2.21. The van der Waals surface area contributed by atoms with Gasteiger partial charge in [0, 0.05) is 24.2 Å². The van der Waals surface area contributed by atoms with Crippen molar-refractivity contribution >= 4 is 17.3 Å². The number of aromatic nitrogens is 1. The number of rotatable bonds is 1. The SMILES string of the molecule is C.CC(C)(C)CC#Cc1cncc2cc(C=O)oc12. The molecule has 0 aliphatic rings. The predicted octanol–water partition coefficient (Wildman–Crippen LogP) is 4.06. The summed E-state index contributed by atoms with van der Waals surface area (Å²) in [4.78, 5) is 14.8. The quantitative estimate of drug-likeness (QED) is 0.571. The maximum atomic E-state index is 10.7. The highest BCUT2D eigenvalue weighted by atomic mass is 16.3. The lowest BCUT2D eigenvalue weighted by Crippen LogP contribution is -2.02. The largest absolute Gasteiger partial charge is 0.452 e. The van der Waals surface area contributed by atoms with Crippen molar-refractivity contribution in [3.63, 3.8) is 0 Å². The van der Waals surface area contributed by atoms with Crippen molar-refractivity contribution in [1.29, 1.82) is 0 Å². The summed E-state index contributed by atoms with van der Waals surface area (Å²) in [5.74, 6) is 6.48. The van der Waals surface area contributed by atoms with Gasteiger partial charge in [0.15, 0.2) is 17.6 Å². The third-order valence-electron chi connectivity index (χ3n) is 2.40. The lowest BCUT2D eigenvalue weighted by atomic mass is 9.93. The van der Waals surface area contributed by atoms with Crippen molar-refractivity contribution in [1.82, 2.24) is 4.98 Å². The summed E-state index contributed by atoms with van der Waals surface area (Å²) in [6.07, 6.45) is 4.81. The average molecular weight is 257 g/mol. The van der Waals surface area contributed by atoms with Crippen molar-refractivity contribution < 1.29 is 9.21 Å². The number of furan rings is 1. The molecule has 3 heteroatoms. The molecule has 2 aromatic heterocycles. The Labute approximate surface area is 114 Å². The number of hydrogen-bond donors (Lipinski definition) is 0. The van der Waals surface area contributed by atoms with Crippen LogP contribution in [0.4, 0.5) is 0 Å². The second-order valence-electron chi connectivity index (χ2n) is 5.41. The topological polar surface area (TPSA) is 43.1 Å². The van der Waals surface area contributed by atoms with Gasteiger partial charge >= 0.3 is 0 Å². The lowest BCUT2D eigenvalue weighted by Gasteiger charge is -2.12. The van der Waals surface area contributed by atoms with Crippen LogP contribution >= 0.6 is 0 Å². The van der Waals surface area contributed by atoms with Crippen LogP contribution in [-0.2, 0) is 0 Å². The Morgan fingerprint density at radius 3 is 2.74 bits per heavy atom. The van der Waals surface area contributed by atoms with Crippen LogP contribution in [-0.4, -0.2) is 11.3 Å². The monoisotopic (exact) mass is 257 g/mol. The van der Waals surface area contributed by atoms with E-state index in [2.05, 4.69) is 37.6 Å². The number of aldehydes is 1. The highest BCUT2D eigenvalue weighted by Gasteiger charge is 2.08. The fraction of sp³-hybridized carbons (Fsp3) is 0.375. The molecule has 0 aliphatic heterocycles. The van der Waals surface area contributed by atoms with Gasteiger partial charge in [0.05, 0.1) is 5.56 Å². The molecule has 19 heavy (non-hydrogen) atoms. The van der Waals surface area contributed by atoms with E-state index in [4.69, 9.17) is 4.42 Å². The average Bonchev–Trinajstić information content (AvgIpc) is 2.71. The molecule has 2 rings (SSSR count). The van der Waals surface area contributed by atoms with E-state index < -0.39 is 0 Å². The number of carbonyl (C=O) groups is 1. The molecule has 2 aromatic rings. The van der Waals surface area contributed by atoms with Gasteiger partial charge < -0.3 is 4.42 Å². The van der Waals surface area contributed by atoms with Gasteiger partial charge in [-0.05, 0) is 11.5 Å². The molecule has 0 aliphatic carbocycles. The van der Waals surface area contributed by atoms with Gasteiger partial charge in [-0.3, -0.25) is 9.78 Å². The fourth-order valence-corrected chi connectivity index (χ4v) is 1.53. The van der Waals surface area contributed by atoms with Gasteiger partial charge in [0.25, 0.3) is 0 Å². The van der Waals surface area contributed by atoms with Crippen molar-refractivity contribution in [2.45, 2.75) is 34.6 Å². The first-order valence-corrected chi connectivity index (χ1v) is 5.81. The van der Waals surface area contributed by atoms with Gasteiger partial charge in [-0.15, -0.1) is 0 Å². The summed E-state index contributed by atoms with van der Waals surface area (Å²) in [5, 5.41) is 0.805. The Kier molecular flexibility index (Phi) is 4.50. The highest BCUT2D eigenvalue weighted by molar-refractivity contribution is 5.87. The van der Waals surface area contributed by atoms with Crippen LogP contribution in [0, 0.1) is 17.3 Å². The Hall–Kier alpha value is -2.08. The molecule has 0 spiro atoms. The van der Waals surface area contributed by atoms with Crippen LogP contribution in [0.3, 0.4) is 0 Å². The second kappa shape index (κ2) is 5.71. The first kappa shape index (κ1) is 15.0. The van der Waals surface area contributed by atoms with Crippen molar-refractivity contribution in [3.05, 3.63) is 29.8 Å². The summed E-state index contributed by atoms with van der Waals surface area (Å²) in [6.45, 7) is 6.41.